The van der Waals surface area contributed by atoms with Crippen LogP contribution in [0.15, 0.2) is 102 Å². The Kier molecular flexibility index (Phi) is 12.5. The molecule has 13 nitrogen and oxygen atoms in total. The smallest absolute Gasteiger partial charge is 0.224 e. The van der Waals surface area contributed by atoms with Crippen LogP contribution in [0.4, 0.5) is 17.1 Å². The maximum Gasteiger partial charge on any atom is 0.224 e. The minimum Gasteiger partial charge on any atom is -0.508 e. The van der Waals surface area contributed by atoms with Gasteiger partial charge in [-0.2, -0.15) is 4.68 Å². The summed E-state index contributed by atoms with van der Waals surface area (Å²) in [5.74, 6) is 0.457. The van der Waals surface area contributed by atoms with Crippen molar-refractivity contribution in [3.8, 4) is 11.4 Å². The van der Waals surface area contributed by atoms with Gasteiger partial charge in [0.05, 0.1) is 35.9 Å². The molecule has 2 amide bonds. The fourth-order valence-corrected chi connectivity index (χ4v) is 6.68. The van der Waals surface area contributed by atoms with E-state index in [9.17, 15) is 19.8 Å². The van der Waals surface area contributed by atoms with E-state index in [0.29, 0.717) is 65.8 Å². The number of thioether (sulfide) groups is 1. The standard InChI is InChI=1S/C38H41N7O6S/c39-32-9-4-5-10-33(32)41-36(49)12-3-1-2-11-35(48)40-28-8-6-7-27(21-28)37-50-31(22-34(51-37)26-15-13-25(23-46)14-16-26)24-52-38-42-43-44-45(38)29-17-19-30(47)20-18-29/h4-10,13-21,31,34,37,46-47H,1-3,11-12,22-24,39H2,(H,40,48)(H,41,49)/t31-,34+,37+/m1/s1. The number of aliphatic hydroxyl groups is 1. The molecule has 0 bridgehead atoms. The molecule has 2 heterocycles. The number of nitrogens with zero attached hydrogens (tertiary/aromatic N) is 4. The van der Waals surface area contributed by atoms with Crippen LogP contribution in [0.5, 0.6) is 5.75 Å². The van der Waals surface area contributed by atoms with Crippen molar-refractivity contribution in [3.05, 3.63) is 114 Å². The molecule has 270 valence electrons. The molecule has 1 aliphatic heterocycles. The number of aromatic nitrogens is 4. The Labute approximate surface area is 305 Å². The summed E-state index contributed by atoms with van der Waals surface area (Å²) in [5.41, 5.74) is 10.9. The second-order valence-corrected chi connectivity index (χ2v) is 13.4. The van der Waals surface area contributed by atoms with Crippen LogP contribution >= 0.6 is 11.8 Å². The van der Waals surface area contributed by atoms with Crippen LogP contribution in [0.3, 0.4) is 0 Å². The van der Waals surface area contributed by atoms with Crippen molar-refractivity contribution in [1.29, 1.82) is 0 Å². The van der Waals surface area contributed by atoms with Crippen molar-refractivity contribution < 1.29 is 29.3 Å². The summed E-state index contributed by atoms with van der Waals surface area (Å²) in [5, 5.41) is 37.8. The number of phenols is 1. The number of carbonyl (C=O) groups excluding carboxylic acids is 2. The Balaban J connectivity index is 1.05. The number of aromatic hydroxyl groups is 1. The molecule has 3 atom stereocenters. The minimum absolute atomic E-state index is 0.0487. The fraction of sp³-hybridized carbons (Fsp3) is 0.289. The zero-order valence-corrected chi connectivity index (χ0v) is 29.2. The van der Waals surface area contributed by atoms with Crippen LogP contribution in [0.1, 0.15) is 67.6 Å². The molecule has 6 rings (SSSR count). The predicted octanol–water partition coefficient (Wildman–Crippen LogP) is 6.31. The normalized spacial score (nSPS) is 17.1. The number of ether oxygens (including phenoxy) is 2. The van der Waals surface area contributed by atoms with Gasteiger partial charge < -0.3 is 36.1 Å². The SMILES string of the molecule is Nc1ccccc1NC(=O)CCCCCC(=O)Nc1cccc([C@H]2O[C@@H](CSc3nnnn3-c3ccc(O)cc3)C[C@@H](c3ccc(CO)cc3)O2)c1. The van der Waals surface area contributed by atoms with E-state index in [0.717, 1.165) is 23.1 Å². The summed E-state index contributed by atoms with van der Waals surface area (Å²) < 4.78 is 14.6. The number of nitrogens with two attached hydrogens (primary N) is 1. The van der Waals surface area contributed by atoms with Crippen LogP contribution in [-0.2, 0) is 25.7 Å². The number of hydrogen-bond acceptors (Lipinski definition) is 11. The predicted molar refractivity (Wildman–Crippen MR) is 198 cm³/mol. The van der Waals surface area contributed by atoms with E-state index in [1.807, 2.05) is 60.7 Å². The van der Waals surface area contributed by atoms with Gasteiger partial charge in [0, 0.05) is 36.3 Å². The topological polar surface area (TPSA) is 187 Å². The van der Waals surface area contributed by atoms with Gasteiger partial charge in [-0.05, 0) is 82.9 Å². The maximum atomic E-state index is 12.8. The second kappa shape index (κ2) is 17.8. The van der Waals surface area contributed by atoms with Crippen molar-refractivity contribution in [3.63, 3.8) is 0 Å². The van der Waals surface area contributed by atoms with Gasteiger partial charge in [0.1, 0.15) is 5.75 Å². The lowest BCUT2D eigenvalue weighted by molar-refractivity contribution is -0.245. The quantitative estimate of drug-likeness (QED) is 0.0463. The summed E-state index contributed by atoms with van der Waals surface area (Å²) in [7, 11) is 0. The molecular formula is C38H41N7O6S. The monoisotopic (exact) mass is 723 g/mol. The molecule has 0 saturated carbocycles. The first-order chi connectivity index (χ1) is 25.3. The number of phenolic OH excluding ortho intramolecular Hbond substituents is 1. The average molecular weight is 724 g/mol. The average Bonchev–Trinajstić information content (AvgIpc) is 3.64. The Hall–Kier alpha value is -5.28. The highest BCUT2D eigenvalue weighted by atomic mass is 32.2. The van der Waals surface area contributed by atoms with Crippen molar-refractivity contribution in [2.75, 3.05) is 22.1 Å². The largest absolute Gasteiger partial charge is 0.508 e. The lowest BCUT2D eigenvalue weighted by Crippen LogP contribution is -2.31. The third kappa shape index (κ3) is 9.94. The number of anilines is 3. The van der Waals surface area contributed by atoms with Crippen LogP contribution in [0.2, 0.25) is 0 Å². The van der Waals surface area contributed by atoms with Gasteiger partial charge in [-0.25, -0.2) is 0 Å². The van der Waals surface area contributed by atoms with Gasteiger partial charge in [-0.1, -0.05) is 66.7 Å². The molecule has 6 N–H and O–H groups in total. The van der Waals surface area contributed by atoms with Crippen molar-refractivity contribution in [1.82, 2.24) is 20.2 Å². The second-order valence-electron chi connectivity index (χ2n) is 12.4. The summed E-state index contributed by atoms with van der Waals surface area (Å²) in [4.78, 5) is 25.1. The van der Waals surface area contributed by atoms with Crippen LogP contribution in [0.25, 0.3) is 5.69 Å². The van der Waals surface area contributed by atoms with Gasteiger partial charge in [-0.3, -0.25) is 9.59 Å². The molecule has 52 heavy (non-hydrogen) atoms. The lowest BCUT2D eigenvalue weighted by atomic mass is 10.0. The number of aliphatic hydroxyl groups excluding tert-OH is 1. The Morgan fingerprint density at radius 1 is 0.865 bits per heavy atom. The number of tetrazole rings is 1. The molecule has 5 aromatic rings. The molecule has 1 saturated heterocycles. The summed E-state index contributed by atoms with van der Waals surface area (Å²) >= 11 is 1.45. The van der Waals surface area contributed by atoms with Gasteiger partial charge >= 0.3 is 0 Å². The first-order valence-corrected chi connectivity index (χ1v) is 18.1. The number of nitrogens with one attached hydrogen (secondary N) is 2. The van der Waals surface area contributed by atoms with Crippen molar-refractivity contribution in [2.24, 2.45) is 0 Å². The number of amides is 2. The molecule has 14 heteroatoms. The number of carbonyl (C=O) groups is 2. The third-order valence-electron chi connectivity index (χ3n) is 8.53. The first kappa shape index (κ1) is 36.5. The first-order valence-electron chi connectivity index (χ1n) is 17.1. The number of benzene rings is 4. The highest BCUT2D eigenvalue weighted by molar-refractivity contribution is 7.99. The highest BCUT2D eigenvalue weighted by Gasteiger charge is 2.33. The Morgan fingerprint density at radius 2 is 1.62 bits per heavy atom. The molecule has 1 aromatic heterocycles. The van der Waals surface area contributed by atoms with Gasteiger partial charge in [-0.15, -0.1) is 5.10 Å². The Bertz CT molecular complexity index is 1940. The van der Waals surface area contributed by atoms with Crippen LogP contribution < -0.4 is 16.4 Å². The van der Waals surface area contributed by atoms with E-state index in [-0.39, 0.29) is 36.4 Å². The molecule has 0 radical (unpaired) electrons. The zero-order chi connectivity index (χ0) is 36.3. The van der Waals surface area contributed by atoms with Crippen LogP contribution in [-0.4, -0.2) is 54.1 Å². The van der Waals surface area contributed by atoms with Crippen molar-refractivity contribution in [2.45, 2.75) is 68.8 Å². The summed E-state index contributed by atoms with van der Waals surface area (Å²) in [6.07, 6.45) is 2.02. The van der Waals surface area contributed by atoms with Gasteiger partial charge in [0.2, 0.25) is 17.0 Å². The van der Waals surface area contributed by atoms with E-state index in [4.69, 9.17) is 15.2 Å². The number of hydrogen-bond donors (Lipinski definition) is 5. The van der Waals surface area contributed by atoms with E-state index in [1.54, 1.807) is 41.1 Å². The van der Waals surface area contributed by atoms with E-state index >= 15 is 0 Å². The molecule has 1 fully saturated rings. The molecular weight excluding hydrogens is 683 g/mol. The number of nitrogen functional groups attached to an aromatic ring is 1. The molecule has 0 unspecified atom stereocenters. The number of rotatable bonds is 15. The van der Waals surface area contributed by atoms with Gasteiger partial charge in [0.25, 0.3) is 0 Å². The summed E-state index contributed by atoms with van der Waals surface area (Å²) in [6.45, 7) is -0.0487. The molecule has 1 aliphatic rings. The number of para-hydroxylation sites is 2. The van der Waals surface area contributed by atoms with Gasteiger partial charge in [0.15, 0.2) is 6.29 Å². The third-order valence-corrected chi connectivity index (χ3v) is 9.58. The number of unbranched alkanes of at least 4 members (excludes halogenated alkanes) is 2. The maximum absolute atomic E-state index is 12.8. The lowest BCUT2D eigenvalue weighted by Gasteiger charge is -2.36. The molecule has 0 spiro atoms. The van der Waals surface area contributed by atoms with E-state index in [2.05, 4.69) is 26.2 Å². The Morgan fingerprint density at radius 3 is 2.37 bits per heavy atom. The fourth-order valence-electron chi connectivity index (χ4n) is 5.77. The van der Waals surface area contributed by atoms with Crippen LogP contribution in [0, 0.1) is 0 Å². The van der Waals surface area contributed by atoms with Crippen molar-refractivity contribution >= 4 is 40.6 Å². The van der Waals surface area contributed by atoms with E-state index < -0.39 is 6.29 Å². The molecule has 4 aromatic carbocycles. The minimum atomic E-state index is -0.718. The highest BCUT2D eigenvalue weighted by Crippen LogP contribution is 2.40. The zero-order valence-electron chi connectivity index (χ0n) is 28.4. The molecule has 0 aliphatic carbocycles. The van der Waals surface area contributed by atoms with E-state index in [1.165, 1.54) is 11.8 Å². The summed E-state index contributed by atoms with van der Waals surface area (Å²) in [6, 6.07) is 28.9.